The van der Waals surface area contributed by atoms with Crippen molar-refractivity contribution < 1.29 is 9.53 Å². The number of esters is 1. The first-order valence-electron chi connectivity index (χ1n) is 8.20. The summed E-state index contributed by atoms with van der Waals surface area (Å²) >= 11 is 0. The smallest absolute Gasteiger partial charge is 0.322 e. The lowest BCUT2D eigenvalue weighted by Gasteiger charge is -2.28. The second-order valence-corrected chi connectivity index (χ2v) is 5.94. The lowest BCUT2D eigenvalue weighted by Crippen LogP contribution is -2.42. The van der Waals surface area contributed by atoms with E-state index in [9.17, 15) is 4.79 Å². The molecule has 0 radical (unpaired) electrons. The standard InChI is InChI=1S/C16H32N2O2/c1-4-12-17-15(16(19)20-3)11-13-18(2)14-9-7-5-6-8-10-14/h14-15,17H,4-13H2,1-3H3. The van der Waals surface area contributed by atoms with Gasteiger partial charge in [-0.2, -0.15) is 0 Å². The van der Waals surface area contributed by atoms with Crippen molar-refractivity contribution in [3.63, 3.8) is 0 Å². The van der Waals surface area contributed by atoms with E-state index in [1.807, 2.05) is 0 Å². The normalized spacial score (nSPS) is 18.8. The van der Waals surface area contributed by atoms with E-state index >= 15 is 0 Å². The van der Waals surface area contributed by atoms with Gasteiger partial charge in [-0.1, -0.05) is 32.6 Å². The van der Waals surface area contributed by atoms with E-state index in [4.69, 9.17) is 4.74 Å². The first kappa shape index (κ1) is 17.4. The van der Waals surface area contributed by atoms with E-state index in [0.29, 0.717) is 6.04 Å². The van der Waals surface area contributed by atoms with Crippen molar-refractivity contribution in [3.05, 3.63) is 0 Å². The van der Waals surface area contributed by atoms with Gasteiger partial charge in [0.2, 0.25) is 0 Å². The lowest BCUT2D eigenvalue weighted by atomic mass is 10.1. The van der Waals surface area contributed by atoms with Gasteiger partial charge in [0.15, 0.2) is 0 Å². The van der Waals surface area contributed by atoms with Crippen LogP contribution < -0.4 is 5.32 Å². The van der Waals surface area contributed by atoms with Crippen LogP contribution in [0.2, 0.25) is 0 Å². The van der Waals surface area contributed by atoms with Gasteiger partial charge in [0.25, 0.3) is 0 Å². The van der Waals surface area contributed by atoms with Crippen LogP contribution in [-0.4, -0.2) is 50.2 Å². The maximum absolute atomic E-state index is 11.8. The van der Waals surface area contributed by atoms with Crippen LogP contribution in [-0.2, 0) is 9.53 Å². The Morgan fingerprint density at radius 2 is 1.95 bits per heavy atom. The van der Waals surface area contributed by atoms with E-state index in [2.05, 4.69) is 24.2 Å². The van der Waals surface area contributed by atoms with Crippen LogP contribution in [0.1, 0.15) is 58.3 Å². The molecule has 0 aromatic carbocycles. The zero-order valence-corrected chi connectivity index (χ0v) is 13.5. The number of carbonyl (C=O) groups excluding carboxylic acids is 1. The number of rotatable bonds is 8. The Hall–Kier alpha value is -0.610. The maximum Gasteiger partial charge on any atom is 0.322 e. The zero-order chi connectivity index (χ0) is 14.8. The molecule has 1 fully saturated rings. The van der Waals surface area contributed by atoms with Gasteiger partial charge in [-0.05, 0) is 39.3 Å². The third kappa shape index (κ3) is 6.23. The molecule has 0 spiro atoms. The number of carbonyl (C=O) groups is 1. The summed E-state index contributed by atoms with van der Waals surface area (Å²) in [7, 11) is 3.67. The highest BCUT2D eigenvalue weighted by Gasteiger charge is 2.21. The third-order valence-electron chi connectivity index (χ3n) is 4.34. The van der Waals surface area contributed by atoms with Crippen molar-refractivity contribution in [2.45, 2.75) is 70.4 Å². The largest absolute Gasteiger partial charge is 0.468 e. The number of nitrogens with one attached hydrogen (secondary N) is 1. The number of methoxy groups -OCH3 is 1. The highest BCUT2D eigenvalue weighted by atomic mass is 16.5. The Labute approximate surface area is 124 Å². The first-order chi connectivity index (χ1) is 9.69. The summed E-state index contributed by atoms with van der Waals surface area (Å²) in [6.45, 7) is 3.94. The summed E-state index contributed by atoms with van der Waals surface area (Å²) in [5.41, 5.74) is 0. The highest BCUT2D eigenvalue weighted by molar-refractivity contribution is 5.75. The molecule has 1 aliphatic rings. The maximum atomic E-state index is 11.8. The molecule has 0 saturated heterocycles. The summed E-state index contributed by atoms with van der Waals surface area (Å²) in [6, 6.07) is 0.537. The topological polar surface area (TPSA) is 41.6 Å². The fourth-order valence-electron chi connectivity index (χ4n) is 2.98. The molecule has 1 N–H and O–H groups in total. The predicted octanol–water partition coefficient (Wildman–Crippen LogP) is 2.57. The van der Waals surface area contributed by atoms with Gasteiger partial charge in [-0.25, -0.2) is 0 Å². The molecule has 1 rings (SSSR count). The highest BCUT2D eigenvalue weighted by Crippen LogP contribution is 2.21. The van der Waals surface area contributed by atoms with Crippen LogP contribution in [0.4, 0.5) is 0 Å². The first-order valence-corrected chi connectivity index (χ1v) is 8.20. The molecule has 1 unspecified atom stereocenters. The quantitative estimate of drug-likeness (QED) is 0.549. The lowest BCUT2D eigenvalue weighted by molar-refractivity contribution is -0.143. The van der Waals surface area contributed by atoms with E-state index in [1.54, 1.807) is 0 Å². The van der Waals surface area contributed by atoms with Gasteiger partial charge in [-0.3, -0.25) is 4.79 Å². The molecular weight excluding hydrogens is 252 g/mol. The molecule has 0 heterocycles. The molecule has 0 aromatic rings. The van der Waals surface area contributed by atoms with Crippen molar-refractivity contribution in [1.29, 1.82) is 0 Å². The average Bonchev–Trinajstić information content (AvgIpc) is 2.75. The summed E-state index contributed by atoms with van der Waals surface area (Å²) in [6.07, 6.45) is 9.95. The van der Waals surface area contributed by atoms with Gasteiger partial charge in [0, 0.05) is 12.6 Å². The molecular formula is C16H32N2O2. The third-order valence-corrected chi connectivity index (χ3v) is 4.34. The molecule has 0 aliphatic heterocycles. The predicted molar refractivity (Wildman–Crippen MR) is 82.8 cm³/mol. The SMILES string of the molecule is CCCNC(CCN(C)C1CCCCCC1)C(=O)OC. The van der Waals surface area contributed by atoms with Crippen molar-refractivity contribution in [2.24, 2.45) is 0 Å². The monoisotopic (exact) mass is 284 g/mol. The summed E-state index contributed by atoms with van der Waals surface area (Å²) < 4.78 is 4.89. The van der Waals surface area contributed by atoms with Crippen LogP contribution in [0, 0.1) is 0 Å². The molecule has 1 saturated carbocycles. The molecule has 0 amide bonds. The van der Waals surface area contributed by atoms with Gasteiger partial charge < -0.3 is 15.0 Å². The number of ether oxygens (including phenoxy) is 1. The molecule has 118 valence electrons. The molecule has 1 atom stereocenters. The van der Waals surface area contributed by atoms with E-state index in [1.165, 1.54) is 45.6 Å². The van der Waals surface area contributed by atoms with E-state index in [-0.39, 0.29) is 12.0 Å². The number of hydrogen-bond acceptors (Lipinski definition) is 4. The summed E-state index contributed by atoms with van der Waals surface area (Å²) in [5, 5.41) is 3.29. The van der Waals surface area contributed by atoms with Crippen molar-refractivity contribution in [1.82, 2.24) is 10.2 Å². The Morgan fingerprint density at radius 1 is 1.30 bits per heavy atom. The van der Waals surface area contributed by atoms with Gasteiger partial charge in [0.1, 0.15) is 6.04 Å². The Balaban J connectivity index is 2.37. The van der Waals surface area contributed by atoms with Crippen LogP contribution in [0.3, 0.4) is 0 Å². The van der Waals surface area contributed by atoms with Crippen molar-refractivity contribution in [2.75, 3.05) is 27.2 Å². The molecule has 1 aliphatic carbocycles. The Bertz CT molecular complexity index is 263. The fourth-order valence-corrected chi connectivity index (χ4v) is 2.98. The van der Waals surface area contributed by atoms with Crippen LogP contribution >= 0.6 is 0 Å². The number of hydrogen-bond donors (Lipinski definition) is 1. The average molecular weight is 284 g/mol. The van der Waals surface area contributed by atoms with Crippen molar-refractivity contribution in [3.8, 4) is 0 Å². The Morgan fingerprint density at radius 3 is 2.50 bits per heavy atom. The van der Waals surface area contributed by atoms with Crippen molar-refractivity contribution >= 4 is 5.97 Å². The van der Waals surface area contributed by atoms with E-state index < -0.39 is 0 Å². The minimum absolute atomic E-state index is 0.132. The van der Waals surface area contributed by atoms with E-state index in [0.717, 1.165) is 25.9 Å². The minimum atomic E-state index is -0.159. The molecule has 0 aromatic heterocycles. The zero-order valence-electron chi connectivity index (χ0n) is 13.5. The van der Waals surface area contributed by atoms with Gasteiger partial charge in [-0.15, -0.1) is 0 Å². The Kier molecular flexibility index (Phi) is 8.86. The summed E-state index contributed by atoms with van der Waals surface area (Å²) in [4.78, 5) is 14.2. The van der Waals surface area contributed by atoms with Crippen LogP contribution in [0.5, 0.6) is 0 Å². The van der Waals surface area contributed by atoms with Gasteiger partial charge >= 0.3 is 5.97 Å². The second kappa shape index (κ2) is 10.2. The van der Waals surface area contributed by atoms with Crippen LogP contribution in [0.15, 0.2) is 0 Å². The van der Waals surface area contributed by atoms with Gasteiger partial charge in [0.05, 0.1) is 7.11 Å². The molecule has 0 bridgehead atoms. The summed E-state index contributed by atoms with van der Waals surface area (Å²) in [5.74, 6) is -0.132. The molecule has 4 heteroatoms. The minimum Gasteiger partial charge on any atom is -0.468 e. The fraction of sp³-hybridized carbons (Fsp3) is 0.938. The number of nitrogens with zero attached hydrogens (tertiary/aromatic N) is 1. The molecule has 20 heavy (non-hydrogen) atoms. The van der Waals surface area contributed by atoms with Crippen LogP contribution in [0.25, 0.3) is 0 Å². The molecule has 4 nitrogen and oxygen atoms in total. The second-order valence-electron chi connectivity index (χ2n) is 5.94.